The van der Waals surface area contributed by atoms with Gasteiger partial charge >= 0.3 is 6.03 Å². The maximum Gasteiger partial charge on any atom is 0.320 e. The van der Waals surface area contributed by atoms with Crippen LogP contribution in [-0.2, 0) is 16.1 Å². The Morgan fingerprint density at radius 3 is 2.59 bits per heavy atom. The van der Waals surface area contributed by atoms with Gasteiger partial charge in [-0.25, -0.2) is 4.79 Å². The summed E-state index contributed by atoms with van der Waals surface area (Å²) in [4.78, 5) is 30.5. The van der Waals surface area contributed by atoms with Gasteiger partial charge < -0.3 is 19.9 Å². The molecule has 0 bridgehead atoms. The summed E-state index contributed by atoms with van der Waals surface area (Å²) in [5.74, 6) is -0.0960. The first-order chi connectivity index (χ1) is 13.1. The quantitative estimate of drug-likeness (QED) is 0.820. The Morgan fingerprint density at radius 2 is 1.85 bits per heavy atom. The molecule has 3 aliphatic heterocycles. The first-order valence-electron chi connectivity index (χ1n) is 9.50. The number of nitrogens with one attached hydrogen (secondary N) is 1. The van der Waals surface area contributed by atoms with E-state index in [1.807, 2.05) is 34.1 Å². The van der Waals surface area contributed by atoms with Gasteiger partial charge in [0.05, 0.1) is 12.1 Å². The van der Waals surface area contributed by atoms with E-state index in [4.69, 9.17) is 16.3 Å². The number of rotatable bonds is 2. The fourth-order valence-corrected chi connectivity index (χ4v) is 4.14. The number of fused-ring (bicyclic) bond motifs is 1. The third-order valence-corrected chi connectivity index (χ3v) is 5.81. The number of urea groups is 1. The maximum absolute atomic E-state index is 12.9. The highest BCUT2D eigenvalue weighted by molar-refractivity contribution is 6.30. The molecule has 3 heterocycles. The number of hydrogen-bond acceptors (Lipinski definition) is 4. The van der Waals surface area contributed by atoms with Crippen molar-refractivity contribution in [1.29, 1.82) is 0 Å². The lowest BCUT2D eigenvalue weighted by atomic mass is 10.0. The molecule has 4 rings (SSSR count). The Balaban J connectivity index is 1.27. The van der Waals surface area contributed by atoms with Crippen LogP contribution in [-0.4, -0.2) is 84.7 Å². The van der Waals surface area contributed by atoms with E-state index < -0.39 is 0 Å². The number of ether oxygens (including phenoxy) is 1. The Morgan fingerprint density at radius 1 is 1.11 bits per heavy atom. The molecule has 3 saturated heterocycles. The van der Waals surface area contributed by atoms with Gasteiger partial charge in [-0.1, -0.05) is 23.7 Å². The van der Waals surface area contributed by atoms with Crippen LogP contribution in [0.1, 0.15) is 12.0 Å². The smallest absolute Gasteiger partial charge is 0.320 e. The predicted molar refractivity (Wildman–Crippen MR) is 102 cm³/mol. The fourth-order valence-electron chi connectivity index (χ4n) is 4.02. The highest BCUT2D eigenvalue weighted by Crippen LogP contribution is 2.19. The van der Waals surface area contributed by atoms with E-state index in [0.717, 1.165) is 44.2 Å². The van der Waals surface area contributed by atoms with Crippen molar-refractivity contribution < 1.29 is 14.3 Å². The lowest BCUT2D eigenvalue weighted by Gasteiger charge is -2.43. The summed E-state index contributed by atoms with van der Waals surface area (Å²) in [7, 11) is 0. The van der Waals surface area contributed by atoms with Gasteiger partial charge in [0.25, 0.3) is 0 Å². The van der Waals surface area contributed by atoms with E-state index >= 15 is 0 Å². The van der Waals surface area contributed by atoms with Crippen molar-refractivity contribution in [2.45, 2.75) is 25.1 Å². The molecule has 0 radical (unpaired) electrons. The molecule has 0 spiro atoms. The van der Waals surface area contributed by atoms with Gasteiger partial charge in [-0.15, -0.1) is 0 Å². The Bertz CT molecular complexity index is 691. The van der Waals surface area contributed by atoms with Gasteiger partial charge in [0.1, 0.15) is 6.61 Å². The topological polar surface area (TPSA) is 65.1 Å². The van der Waals surface area contributed by atoms with Crippen LogP contribution in [0.5, 0.6) is 0 Å². The minimum absolute atomic E-state index is 0.0305. The minimum atomic E-state index is -0.0960. The molecule has 1 N–H and O–H groups in total. The molecule has 7 nitrogen and oxygen atoms in total. The maximum atomic E-state index is 12.9. The molecule has 3 amide bonds. The molecular weight excluding hydrogens is 368 g/mol. The highest BCUT2D eigenvalue weighted by atomic mass is 35.5. The third kappa shape index (κ3) is 4.36. The summed E-state index contributed by atoms with van der Waals surface area (Å²) < 4.78 is 5.57. The van der Waals surface area contributed by atoms with E-state index in [-0.39, 0.29) is 30.7 Å². The average molecular weight is 393 g/mol. The van der Waals surface area contributed by atoms with Gasteiger partial charge in [0.15, 0.2) is 0 Å². The van der Waals surface area contributed by atoms with Crippen LogP contribution in [0, 0.1) is 0 Å². The van der Waals surface area contributed by atoms with Crippen LogP contribution in [0.3, 0.4) is 0 Å². The van der Waals surface area contributed by atoms with E-state index in [1.54, 1.807) is 0 Å². The Hall–Kier alpha value is -1.83. The number of carbonyl (C=O) groups excluding carboxylic acids is 2. The van der Waals surface area contributed by atoms with Crippen molar-refractivity contribution in [3.8, 4) is 0 Å². The second-order valence-electron chi connectivity index (χ2n) is 7.43. The van der Waals surface area contributed by atoms with Crippen molar-refractivity contribution in [2.24, 2.45) is 0 Å². The number of nitrogens with zero attached hydrogens (tertiary/aromatic N) is 3. The molecule has 0 aliphatic carbocycles. The zero-order chi connectivity index (χ0) is 18.8. The lowest BCUT2D eigenvalue weighted by molar-refractivity contribution is -0.139. The standard InChI is InChI=1S/C19H25ClN4O3/c20-15-3-1-14(2-4-15)11-22-7-9-23(10-8-22)19(26)24-6-5-17-16(12-24)21-18(25)13-27-17/h1-4,16-17H,5-13H2,(H,21,25)/t16-,17?/m1/s1. The number of benzene rings is 1. The second kappa shape index (κ2) is 8.04. The lowest BCUT2D eigenvalue weighted by Crippen LogP contribution is -2.63. The summed E-state index contributed by atoms with van der Waals surface area (Å²) in [6, 6.07) is 7.89. The molecule has 146 valence electrons. The summed E-state index contributed by atoms with van der Waals surface area (Å²) >= 11 is 5.94. The summed E-state index contributed by atoms with van der Waals surface area (Å²) in [5.41, 5.74) is 1.23. The molecular formula is C19H25ClN4O3. The SMILES string of the molecule is O=C1COC2CCN(C(=O)N3CCN(Cc4ccc(Cl)cc4)CC3)C[C@H]2N1. The number of carbonyl (C=O) groups is 2. The van der Waals surface area contributed by atoms with Crippen LogP contribution in [0.15, 0.2) is 24.3 Å². The van der Waals surface area contributed by atoms with E-state index in [1.165, 1.54) is 5.56 Å². The first kappa shape index (κ1) is 18.5. The molecule has 0 aromatic heterocycles. The first-order valence-corrected chi connectivity index (χ1v) is 9.88. The van der Waals surface area contributed by atoms with Crippen molar-refractivity contribution in [3.05, 3.63) is 34.9 Å². The Labute approximate surface area is 164 Å². The number of piperidine rings is 1. The number of morpholine rings is 1. The average Bonchev–Trinajstić information content (AvgIpc) is 2.69. The summed E-state index contributed by atoms with van der Waals surface area (Å²) in [5, 5.41) is 3.70. The van der Waals surface area contributed by atoms with Gasteiger partial charge in [0.2, 0.25) is 5.91 Å². The minimum Gasteiger partial charge on any atom is -0.366 e. The molecule has 27 heavy (non-hydrogen) atoms. The van der Waals surface area contributed by atoms with Crippen LogP contribution in [0.2, 0.25) is 5.02 Å². The molecule has 1 aromatic carbocycles. The number of piperazine rings is 1. The summed E-state index contributed by atoms with van der Waals surface area (Å²) in [6.45, 7) is 5.36. The van der Waals surface area contributed by atoms with E-state index in [2.05, 4.69) is 10.2 Å². The largest absolute Gasteiger partial charge is 0.366 e. The number of amides is 3. The van der Waals surface area contributed by atoms with Gasteiger partial charge in [-0.2, -0.15) is 0 Å². The van der Waals surface area contributed by atoms with Gasteiger partial charge in [-0.3, -0.25) is 9.69 Å². The van der Waals surface area contributed by atoms with Gasteiger partial charge in [0, 0.05) is 50.8 Å². The number of likely N-dealkylation sites (tertiary alicyclic amines) is 1. The van der Waals surface area contributed by atoms with E-state index in [9.17, 15) is 9.59 Å². The molecule has 1 unspecified atom stereocenters. The zero-order valence-corrected chi connectivity index (χ0v) is 16.0. The van der Waals surface area contributed by atoms with E-state index in [0.29, 0.717) is 13.1 Å². The van der Waals surface area contributed by atoms with Gasteiger partial charge in [-0.05, 0) is 24.1 Å². The normalized spacial score (nSPS) is 26.5. The number of hydrogen-bond donors (Lipinski definition) is 1. The number of halogens is 1. The third-order valence-electron chi connectivity index (χ3n) is 5.56. The van der Waals surface area contributed by atoms with Crippen LogP contribution >= 0.6 is 11.6 Å². The molecule has 1 aromatic rings. The van der Waals surface area contributed by atoms with Crippen LogP contribution < -0.4 is 5.32 Å². The molecule has 3 aliphatic rings. The summed E-state index contributed by atoms with van der Waals surface area (Å²) in [6.07, 6.45) is 0.802. The fraction of sp³-hybridized carbons (Fsp3) is 0.579. The van der Waals surface area contributed by atoms with Crippen LogP contribution in [0.4, 0.5) is 4.79 Å². The molecule has 8 heteroatoms. The molecule has 2 atom stereocenters. The highest BCUT2D eigenvalue weighted by Gasteiger charge is 2.37. The second-order valence-corrected chi connectivity index (χ2v) is 7.87. The molecule has 0 saturated carbocycles. The monoisotopic (exact) mass is 392 g/mol. The predicted octanol–water partition coefficient (Wildman–Crippen LogP) is 1.17. The van der Waals surface area contributed by atoms with Crippen molar-refractivity contribution in [3.63, 3.8) is 0 Å². The Kier molecular flexibility index (Phi) is 5.52. The molecule has 3 fully saturated rings. The van der Waals surface area contributed by atoms with Crippen molar-refractivity contribution in [2.75, 3.05) is 45.9 Å². The van der Waals surface area contributed by atoms with Crippen molar-refractivity contribution in [1.82, 2.24) is 20.0 Å². The van der Waals surface area contributed by atoms with Crippen molar-refractivity contribution >= 4 is 23.5 Å². The van der Waals surface area contributed by atoms with Crippen LogP contribution in [0.25, 0.3) is 0 Å². The zero-order valence-electron chi connectivity index (χ0n) is 15.3.